The van der Waals surface area contributed by atoms with Crippen molar-refractivity contribution in [3.8, 4) is 0 Å². The number of hydrogen-bond acceptors (Lipinski definition) is 7. The predicted octanol–water partition coefficient (Wildman–Crippen LogP) is 1.84. The molecule has 0 aliphatic rings. The molecule has 9 nitrogen and oxygen atoms in total. The van der Waals surface area contributed by atoms with Gasteiger partial charge in [0.15, 0.2) is 18.4 Å². The number of amides is 1. The quantitative estimate of drug-likeness (QED) is 0.458. The predicted molar refractivity (Wildman–Crippen MR) is 103 cm³/mol. The van der Waals surface area contributed by atoms with E-state index in [1.54, 1.807) is 24.3 Å². The molecule has 1 amide bonds. The largest absolute Gasteiger partial charge is 0.456 e. The highest BCUT2D eigenvalue weighted by molar-refractivity contribution is 5.98. The molecule has 0 unspecified atom stereocenters. The van der Waals surface area contributed by atoms with Gasteiger partial charge in [-0.3, -0.25) is 9.59 Å². The first-order chi connectivity index (χ1) is 14.0. The Bertz CT molecular complexity index is 972. The van der Waals surface area contributed by atoms with Crippen LogP contribution in [0.2, 0.25) is 0 Å². The molecule has 0 aliphatic heterocycles. The summed E-state index contributed by atoms with van der Waals surface area (Å²) >= 11 is 0. The van der Waals surface area contributed by atoms with Gasteiger partial charge in [0.2, 0.25) is 5.91 Å². The number of ketones is 1. The fourth-order valence-electron chi connectivity index (χ4n) is 2.69. The van der Waals surface area contributed by atoms with Crippen LogP contribution in [0.4, 0.5) is 5.69 Å². The molecule has 0 saturated heterocycles. The van der Waals surface area contributed by atoms with E-state index in [0.29, 0.717) is 17.7 Å². The van der Waals surface area contributed by atoms with Crippen molar-refractivity contribution in [2.24, 2.45) is 0 Å². The molecule has 1 atom stereocenters. The third-order valence-corrected chi connectivity index (χ3v) is 4.10. The van der Waals surface area contributed by atoms with Crippen LogP contribution in [0.3, 0.4) is 0 Å². The minimum absolute atomic E-state index is 0.204. The number of carbonyl (C=O) groups excluding carboxylic acids is 3. The Kier molecular flexibility index (Phi) is 6.41. The van der Waals surface area contributed by atoms with E-state index in [4.69, 9.17) is 4.74 Å². The van der Waals surface area contributed by atoms with Gasteiger partial charge in [-0.15, -0.1) is 5.10 Å². The van der Waals surface area contributed by atoms with E-state index in [1.165, 1.54) is 17.9 Å². The van der Waals surface area contributed by atoms with Gasteiger partial charge < -0.3 is 10.1 Å². The molecule has 0 bridgehead atoms. The van der Waals surface area contributed by atoms with E-state index in [1.807, 2.05) is 30.3 Å². The number of hydrogen-bond donors (Lipinski definition) is 1. The number of carbonyl (C=O) groups is 3. The summed E-state index contributed by atoms with van der Waals surface area (Å²) in [6, 6.07) is 14.9. The van der Waals surface area contributed by atoms with Crippen molar-refractivity contribution in [3.05, 3.63) is 72.1 Å². The minimum atomic E-state index is -0.789. The Hall–Kier alpha value is -3.88. The fraction of sp³-hybridized carbons (Fsp3) is 0.200. The molecule has 3 rings (SSSR count). The summed E-state index contributed by atoms with van der Waals surface area (Å²) in [6.07, 6.45) is 1.65. The first kappa shape index (κ1) is 19.9. The van der Waals surface area contributed by atoms with Crippen LogP contribution in [-0.4, -0.2) is 44.5 Å². The second kappa shape index (κ2) is 9.36. The van der Waals surface area contributed by atoms with Crippen LogP contribution in [0, 0.1) is 0 Å². The molecule has 0 fully saturated rings. The highest BCUT2D eigenvalue weighted by Crippen LogP contribution is 2.16. The van der Waals surface area contributed by atoms with Gasteiger partial charge in [0, 0.05) is 24.6 Å². The number of Topliss-reactive ketones (excluding diaryl/α,β-unsaturated/α-hetero) is 1. The molecule has 148 valence electrons. The van der Waals surface area contributed by atoms with Crippen LogP contribution in [0.15, 0.2) is 60.9 Å². The number of aromatic nitrogens is 4. The normalized spacial score (nSPS) is 11.5. The zero-order chi connectivity index (χ0) is 20.6. The lowest BCUT2D eigenvalue weighted by molar-refractivity contribution is -0.146. The highest BCUT2D eigenvalue weighted by atomic mass is 16.5. The van der Waals surface area contributed by atoms with Crippen molar-refractivity contribution >= 4 is 23.3 Å². The number of rotatable bonds is 8. The lowest BCUT2D eigenvalue weighted by Crippen LogP contribution is -2.26. The van der Waals surface area contributed by atoms with Crippen LogP contribution in [0.5, 0.6) is 0 Å². The number of esters is 1. The minimum Gasteiger partial charge on any atom is -0.456 e. The Balaban J connectivity index is 1.63. The summed E-state index contributed by atoms with van der Waals surface area (Å²) in [4.78, 5) is 36.0. The number of tetrazole rings is 1. The van der Waals surface area contributed by atoms with Crippen molar-refractivity contribution in [3.63, 3.8) is 0 Å². The molecule has 1 aromatic heterocycles. The van der Waals surface area contributed by atoms with Gasteiger partial charge in [-0.2, -0.15) is 0 Å². The molecule has 2 aromatic carbocycles. The lowest BCUT2D eigenvalue weighted by atomic mass is 10.1. The van der Waals surface area contributed by atoms with Gasteiger partial charge in [0.05, 0.1) is 0 Å². The highest BCUT2D eigenvalue weighted by Gasteiger charge is 2.25. The molecule has 0 saturated carbocycles. The van der Waals surface area contributed by atoms with Gasteiger partial charge in [-0.25, -0.2) is 9.48 Å². The van der Waals surface area contributed by atoms with Crippen molar-refractivity contribution < 1.29 is 19.1 Å². The first-order valence-electron chi connectivity index (χ1n) is 8.87. The van der Waals surface area contributed by atoms with E-state index >= 15 is 0 Å². The fourth-order valence-corrected chi connectivity index (χ4v) is 2.69. The summed E-state index contributed by atoms with van der Waals surface area (Å²) in [5.74, 6) is -1.17. The average Bonchev–Trinajstić information content (AvgIpc) is 3.25. The molecule has 0 aliphatic carbocycles. The summed E-state index contributed by atoms with van der Waals surface area (Å²) < 4.78 is 6.54. The number of ether oxygens (including phenoxy) is 1. The van der Waals surface area contributed by atoms with E-state index < -0.39 is 18.6 Å². The molecule has 29 heavy (non-hydrogen) atoms. The molecular formula is C20H19N5O4. The summed E-state index contributed by atoms with van der Waals surface area (Å²) in [5.41, 5.74) is 1.85. The van der Waals surface area contributed by atoms with Crippen LogP contribution < -0.4 is 5.32 Å². The monoisotopic (exact) mass is 393 g/mol. The molecular weight excluding hydrogens is 374 g/mol. The first-order valence-corrected chi connectivity index (χ1v) is 8.87. The molecule has 1 N–H and O–H groups in total. The van der Waals surface area contributed by atoms with Crippen LogP contribution >= 0.6 is 0 Å². The molecule has 1 heterocycles. The van der Waals surface area contributed by atoms with Crippen molar-refractivity contribution in [1.29, 1.82) is 0 Å². The standard InChI is InChI=1S/C20H19N5O4/c1-14(26)22-17-9-7-16(8-10-17)19(27)12-29-20(28)18(25-13-21-23-24-25)11-15-5-3-2-4-6-15/h2-10,13,18H,11-12H2,1H3,(H,22,26)/t18-/m1/s1. The Morgan fingerprint density at radius 2 is 1.79 bits per heavy atom. The molecule has 3 aromatic rings. The van der Waals surface area contributed by atoms with Crippen molar-refractivity contribution in [2.75, 3.05) is 11.9 Å². The van der Waals surface area contributed by atoms with Crippen LogP contribution in [0.25, 0.3) is 0 Å². The van der Waals surface area contributed by atoms with Gasteiger partial charge in [0.25, 0.3) is 0 Å². The molecule has 0 spiro atoms. The lowest BCUT2D eigenvalue weighted by Gasteiger charge is -2.15. The Morgan fingerprint density at radius 1 is 1.07 bits per heavy atom. The zero-order valence-corrected chi connectivity index (χ0v) is 15.7. The number of nitrogens with zero attached hydrogens (tertiary/aromatic N) is 4. The van der Waals surface area contributed by atoms with E-state index in [0.717, 1.165) is 5.56 Å². The van der Waals surface area contributed by atoms with E-state index in [9.17, 15) is 14.4 Å². The maximum atomic E-state index is 12.6. The van der Waals surface area contributed by atoms with Gasteiger partial charge >= 0.3 is 5.97 Å². The number of benzene rings is 2. The van der Waals surface area contributed by atoms with Gasteiger partial charge in [0.1, 0.15) is 6.33 Å². The van der Waals surface area contributed by atoms with Gasteiger partial charge in [-0.1, -0.05) is 30.3 Å². The van der Waals surface area contributed by atoms with E-state index in [2.05, 4.69) is 20.8 Å². The average molecular weight is 393 g/mol. The molecule has 0 radical (unpaired) electrons. The molecule has 9 heteroatoms. The maximum Gasteiger partial charge on any atom is 0.331 e. The van der Waals surface area contributed by atoms with Crippen LogP contribution in [-0.2, 0) is 20.7 Å². The SMILES string of the molecule is CC(=O)Nc1ccc(C(=O)COC(=O)[C@@H](Cc2ccccc2)n2cnnn2)cc1. The van der Waals surface area contributed by atoms with E-state index in [-0.39, 0.29) is 11.7 Å². The summed E-state index contributed by atoms with van der Waals surface area (Å²) in [5, 5.41) is 13.5. The van der Waals surface area contributed by atoms with Crippen LogP contribution in [0.1, 0.15) is 28.9 Å². The summed E-state index contributed by atoms with van der Waals surface area (Å²) in [6.45, 7) is 0.987. The van der Waals surface area contributed by atoms with Gasteiger partial charge in [-0.05, 0) is 40.3 Å². The maximum absolute atomic E-state index is 12.6. The second-order valence-corrected chi connectivity index (χ2v) is 6.28. The Labute approximate surface area is 166 Å². The summed E-state index contributed by atoms with van der Waals surface area (Å²) in [7, 11) is 0. The third-order valence-electron chi connectivity index (χ3n) is 4.10. The smallest absolute Gasteiger partial charge is 0.331 e. The number of anilines is 1. The Morgan fingerprint density at radius 3 is 2.41 bits per heavy atom. The van der Waals surface area contributed by atoms with Crippen molar-refractivity contribution in [1.82, 2.24) is 20.2 Å². The topological polar surface area (TPSA) is 116 Å². The zero-order valence-electron chi connectivity index (χ0n) is 15.7. The van der Waals surface area contributed by atoms with Crippen molar-refractivity contribution in [2.45, 2.75) is 19.4 Å². The second-order valence-electron chi connectivity index (χ2n) is 6.28. The third kappa shape index (κ3) is 5.55. The number of nitrogens with one attached hydrogen (secondary N) is 1.